The van der Waals surface area contributed by atoms with Gasteiger partial charge in [0.25, 0.3) is 0 Å². The summed E-state index contributed by atoms with van der Waals surface area (Å²) in [6.07, 6.45) is 5.35. The zero-order chi connectivity index (χ0) is 51.6. The van der Waals surface area contributed by atoms with Crippen LogP contribution >= 0.6 is 23.5 Å². The van der Waals surface area contributed by atoms with Gasteiger partial charge in [-0.3, -0.25) is 9.59 Å². The Balaban J connectivity index is 0.000000261. The molecule has 2 atom stereocenters. The monoisotopic (exact) mass is 1040 g/mol. The number of fused-ring (bicyclic) bond motifs is 2. The van der Waals surface area contributed by atoms with Gasteiger partial charge in [0.1, 0.15) is 34.5 Å². The second-order valence-electron chi connectivity index (χ2n) is 18.9. The number of sulfonamides is 2. The quantitative estimate of drug-likeness (QED) is 0.0800. The molecule has 2 aliphatic rings. The van der Waals surface area contributed by atoms with Crippen LogP contribution in [-0.4, -0.2) is 112 Å². The van der Waals surface area contributed by atoms with Gasteiger partial charge < -0.3 is 29.5 Å². The molecule has 0 bridgehead atoms. The largest absolute Gasteiger partial charge is 0.491 e. The van der Waals surface area contributed by atoms with E-state index in [1.807, 2.05) is 86.6 Å². The minimum atomic E-state index is -3.82. The minimum Gasteiger partial charge on any atom is -0.491 e. The first kappa shape index (κ1) is 56.5. The van der Waals surface area contributed by atoms with Crippen molar-refractivity contribution in [3.8, 4) is 11.5 Å². The Bertz CT molecular complexity index is 2450. The molecule has 0 saturated carbocycles. The van der Waals surface area contributed by atoms with Crippen LogP contribution in [-0.2, 0) is 29.6 Å². The standard InChI is InChI=1S/2C26H36N2O5S2/c2*1-6-8-12-20-17-28(19-13-10-9-11-14-19)21-15-23(34-7-2)22(33-18-26(3,4)25(29)30)16-24(21)35(31,32)27(20)5/h2*9-11,13-16,20H,6-8,12,17-18H2,1-5H3,(H,29,30)/t2*20-/m10/s1. The van der Waals surface area contributed by atoms with E-state index in [1.54, 1.807) is 77.4 Å². The molecule has 6 rings (SSSR count). The Morgan fingerprint density at radius 1 is 0.600 bits per heavy atom. The van der Waals surface area contributed by atoms with Crippen molar-refractivity contribution >= 4 is 78.3 Å². The van der Waals surface area contributed by atoms with Gasteiger partial charge >= 0.3 is 11.9 Å². The fourth-order valence-corrected chi connectivity index (χ4v) is 12.6. The van der Waals surface area contributed by atoms with Gasteiger partial charge in [0.15, 0.2) is 0 Å². The highest BCUT2D eigenvalue weighted by Gasteiger charge is 2.40. The van der Waals surface area contributed by atoms with E-state index >= 15 is 0 Å². The fraction of sp³-hybridized carbons (Fsp3) is 0.500. The Kier molecular flexibility index (Phi) is 19.6. The number of unbranched alkanes of at least 4 members (excludes halogenated alkanes) is 2. The van der Waals surface area contributed by atoms with E-state index in [4.69, 9.17) is 9.47 Å². The Labute approximate surface area is 425 Å². The lowest BCUT2D eigenvalue weighted by molar-refractivity contribution is -0.149. The van der Waals surface area contributed by atoms with Crippen LogP contribution in [0.5, 0.6) is 11.5 Å². The molecule has 2 N–H and O–H groups in total. The van der Waals surface area contributed by atoms with Crippen LogP contribution in [0.1, 0.15) is 93.9 Å². The second-order valence-corrected chi connectivity index (χ2v) is 25.4. The van der Waals surface area contributed by atoms with Crippen molar-refractivity contribution in [2.75, 3.05) is 61.7 Å². The van der Waals surface area contributed by atoms with Gasteiger partial charge in [0.2, 0.25) is 20.0 Å². The van der Waals surface area contributed by atoms with Crippen molar-refractivity contribution in [2.24, 2.45) is 10.8 Å². The molecule has 384 valence electrons. The third-order valence-electron chi connectivity index (χ3n) is 12.6. The number of hydrogen-bond acceptors (Lipinski definition) is 12. The van der Waals surface area contributed by atoms with Gasteiger partial charge in [-0.15, -0.1) is 23.5 Å². The molecule has 0 saturated heterocycles. The number of carboxylic acids is 2. The number of carbonyl (C=O) groups is 2. The smallest absolute Gasteiger partial charge is 0.312 e. The van der Waals surface area contributed by atoms with E-state index in [2.05, 4.69) is 23.6 Å². The molecule has 18 heteroatoms. The Hall–Kier alpha value is -4.46. The van der Waals surface area contributed by atoms with Crippen molar-refractivity contribution in [3.63, 3.8) is 0 Å². The Morgan fingerprint density at radius 3 is 1.24 bits per heavy atom. The zero-order valence-electron chi connectivity index (χ0n) is 42.3. The van der Waals surface area contributed by atoms with Gasteiger partial charge in [-0.1, -0.05) is 89.8 Å². The highest BCUT2D eigenvalue weighted by Crippen LogP contribution is 2.46. The Morgan fingerprint density at radius 2 is 0.943 bits per heavy atom. The topological polar surface area (TPSA) is 174 Å². The maximum Gasteiger partial charge on any atom is 0.312 e. The summed E-state index contributed by atoms with van der Waals surface area (Å²) < 4.78 is 70.3. The lowest BCUT2D eigenvalue weighted by Crippen LogP contribution is -2.40. The first-order chi connectivity index (χ1) is 33.0. The molecule has 0 radical (unpaired) electrons. The number of hydrogen-bond donors (Lipinski definition) is 2. The fourth-order valence-electron chi connectivity index (χ4n) is 7.98. The van der Waals surface area contributed by atoms with Crippen LogP contribution in [0, 0.1) is 10.8 Å². The van der Waals surface area contributed by atoms with E-state index in [-0.39, 0.29) is 35.1 Å². The van der Waals surface area contributed by atoms with E-state index in [1.165, 1.54) is 8.61 Å². The van der Waals surface area contributed by atoms with Gasteiger partial charge in [-0.25, -0.2) is 16.8 Å². The van der Waals surface area contributed by atoms with E-state index in [0.717, 1.165) is 71.2 Å². The van der Waals surface area contributed by atoms with Gasteiger partial charge in [-0.2, -0.15) is 8.61 Å². The number of aliphatic carboxylic acids is 2. The average molecular weight is 1040 g/mol. The number of nitrogens with zero attached hydrogens (tertiary/aromatic N) is 4. The van der Waals surface area contributed by atoms with Crippen molar-refractivity contribution < 1.29 is 46.1 Å². The first-order valence-electron chi connectivity index (χ1n) is 24.0. The molecular formula is C52H72N4O10S4. The number of likely N-dealkylation sites (N-methyl/N-ethyl adjacent to an activating group) is 2. The normalized spacial score (nSPS) is 18.1. The predicted molar refractivity (Wildman–Crippen MR) is 283 cm³/mol. The highest BCUT2D eigenvalue weighted by molar-refractivity contribution is 7.99. The van der Waals surface area contributed by atoms with Crippen LogP contribution in [0.4, 0.5) is 22.7 Å². The number of rotatable bonds is 20. The number of carboxylic acid groups (broad SMARTS) is 2. The van der Waals surface area contributed by atoms with Crippen LogP contribution in [0.25, 0.3) is 0 Å². The summed E-state index contributed by atoms with van der Waals surface area (Å²) in [4.78, 5) is 29.3. The lowest BCUT2D eigenvalue weighted by atomic mass is 9.95. The first-order valence-corrected chi connectivity index (χ1v) is 28.9. The number of thioether (sulfide) groups is 2. The van der Waals surface area contributed by atoms with E-state index in [9.17, 15) is 36.6 Å². The van der Waals surface area contributed by atoms with Crippen molar-refractivity contribution in [1.29, 1.82) is 0 Å². The average Bonchev–Trinajstić information content (AvgIpc) is 3.46. The summed E-state index contributed by atoms with van der Waals surface area (Å²) in [5.41, 5.74) is 0.851. The molecule has 0 aliphatic carbocycles. The molecule has 4 aromatic rings. The molecule has 14 nitrogen and oxygen atoms in total. The van der Waals surface area contributed by atoms with Gasteiger partial charge in [0, 0.05) is 62.8 Å². The highest BCUT2D eigenvalue weighted by atomic mass is 32.2. The summed E-state index contributed by atoms with van der Waals surface area (Å²) in [7, 11) is -4.33. The molecular weight excluding hydrogens is 969 g/mol. The molecule has 0 unspecified atom stereocenters. The van der Waals surface area contributed by atoms with Crippen LogP contribution in [0.2, 0.25) is 0 Å². The number of ether oxygens (including phenoxy) is 2. The summed E-state index contributed by atoms with van der Waals surface area (Å²) in [6.45, 7) is 15.5. The summed E-state index contributed by atoms with van der Waals surface area (Å²) >= 11 is 3.09. The van der Waals surface area contributed by atoms with Crippen molar-refractivity contribution in [1.82, 2.24) is 8.61 Å². The molecule has 70 heavy (non-hydrogen) atoms. The van der Waals surface area contributed by atoms with Crippen molar-refractivity contribution in [2.45, 2.75) is 126 Å². The summed E-state index contributed by atoms with van der Waals surface area (Å²) in [5.74, 6) is 0.351. The molecule has 0 spiro atoms. The molecule has 2 heterocycles. The lowest BCUT2D eigenvalue weighted by Gasteiger charge is -2.29. The third kappa shape index (κ3) is 13.1. The summed E-state index contributed by atoms with van der Waals surface area (Å²) in [6, 6.07) is 26.2. The van der Waals surface area contributed by atoms with Crippen LogP contribution in [0.3, 0.4) is 0 Å². The van der Waals surface area contributed by atoms with Gasteiger partial charge in [0.05, 0.1) is 32.0 Å². The molecule has 0 amide bonds. The molecule has 0 aromatic heterocycles. The zero-order valence-corrected chi connectivity index (χ0v) is 45.6. The number of para-hydroxylation sites is 2. The minimum absolute atomic E-state index is 0.0736. The predicted octanol–water partition coefficient (Wildman–Crippen LogP) is 11.2. The third-order valence-corrected chi connectivity index (χ3v) is 18.3. The molecule has 4 aromatic carbocycles. The molecule has 0 fully saturated rings. The van der Waals surface area contributed by atoms with Crippen molar-refractivity contribution in [3.05, 3.63) is 84.9 Å². The summed E-state index contributed by atoms with van der Waals surface area (Å²) in [5, 5.41) is 19.0. The number of benzene rings is 4. The van der Waals surface area contributed by atoms with Gasteiger partial charge in [-0.05, 0) is 88.4 Å². The van der Waals surface area contributed by atoms with Crippen LogP contribution < -0.4 is 19.3 Å². The van der Waals surface area contributed by atoms with E-state index in [0.29, 0.717) is 36.0 Å². The maximum absolute atomic E-state index is 13.8. The van der Waals surface area contributed by atoms with E-state index < -0.39 is 42.8 Å². The molecule has 2 aliphatic heterocycles. The second kappa shape index (κ2) is 24.3. The number of anilines is 4. The van der Waals surface area contributed by atoms with Crippen LogP contribution in [0.15, 0.2) is 105 Å². The maximum atomic E-state index is 13.8. The SMILES string of the molecule is CCCC[C@@H]1CN(c2ccccc2)c2cc(SCC)c(OCC(C)(C)C(=O)O)cc2S(=O)(=O)N1C.CCCC[C@H]1CN(c2ccccc2)c2cc(SCC)c(OCC(C)(C)C(=O)O)cc2S(=O)(=O)N1C.